The molecule has 0 fully saturated rings. The lowest BCUT2D eigenvalue weighted by Gasteiger charge is -2.19. The minimum Gasteiger partial charge on any atom is -0.467 e. The molecule has 0 spiro atoms. The van der Waals surface area contributed by atoms with Crippen molar-refractivity contribution in [1.29, 1.82) is 0 Å². The lowest BCUT2D eigenvalue weighted by atomic mass is 10.1. The van der Waals surface area contributed by atoms with Crippen LogP contribution >= 0.6 is 11.6 Å². The minimum atomic E-state index is -0.801. The molecule has 110 valence electrons. The van der Waals surface area contributed by atoms with E-state index in [2.05, 4.69) is 5.32 Å². The van der Waals surface area contributed by atoms with Crippen molar-refractivity contribution in [3.8, 4) is 0 Å². The summed E-state index contributed by atoms with van der Waals surface area (Å²) in [5, 5.41) is 3.41. The summed E-state index contributed by atoms with van der Waals surface area (Å²) in [6, 6.07) is 10.6. The first kappa shape index (κ1) is 15.3. The van der Waals surface area contributed by atoms with Gasteiger partial charge in [0.1, 0.15) is 5.82 Å². The Kier molecular flexibility index (Phi) is 4.81. The van der Waals surface area contributed by atoms with E-state index in [1.165, 1.54) is 19.2 Å². The number of hydrogen-bond donors (Lipinski definition) is 1. The predicted molar refractivity (Wildman–Crippen MR) is 81.0 cm³/mol. The average Bonchev–Trinajstić information content (AvgIpc) is 2.44. The number of halogens is 2. The number of esters is 1. The van der Waals surface area contributed by atoms with Crippen molar-refractivity contribution in [2.75, 3.05) is 12.4 Å². The molecular formula is C16H15ClFNO2. The van der Waals surface area contributed by atoms with Crippen molar-refractivity contribution in [2.45, 2.75) is 13.0 Å². The Bertz CT molecular complexity index is 640. The highest BCUT2D eigenvalue weighted by Gasteiger charge is 2.23. The molecule has 2 rings (SSSR count). The molecule has 0 aromatic heterocycles. The van der Waals surface area contributed by atoms with Gasteiger partial charge in [0.25, 0.3) is 0 Å². The standard InChI is InChI=1S/C16H15ClFNO2/c1-10-7-11(18)9-12(8-10)19-15(16(20)21-2)13-5-3-4-6-14(13)17/h3-9,15,19H,1-2H3. The van der Waals surface area contributed by atoms with E-state index in [1.54, 1.807) is 37.3 Å². The quantitative estimate of drug-likeness (QED) is 0.864. The Morgan fingerprint density at radius 1 is 1.29 bits per heavy atom. The van der Waals surface area contributed by atoms with Crippen LogP contribution in [0.15, 0.2) is 42.5 Å². The summed E-state index contributed by atoms with van der Waals surface area (Å²) in [7, 11) is 1.30. The molecule has 0 bridgehead atoms. The molecule has 1 atom stereocenters. The number of aryl methyl sites for hydroxylation is 1. The van der Waals surface area contributed by atoms with Gasteiger partial charge in [-0.25, -0.2) is 9.18 Å². The van der Waals surface area contributed by atoms with Crippen LogP contribution in [0.1, 0.15) is 17.2 Å². The predicted octanol–water partition coefficient (Wildman–Crippen LogP) is 4.11. The molecule has 2 aromatic carbocycles. The number of carbonyl (C=O) groups is 1. The fraction of sp³-hybridized carbons (Fsp3) is 0.188. The summed E-state index contributed by atoms with van der Waals surface area (Å²) < 4.78 is 18.3. The molecule has 3 nitrogen and oxygen atoms in total. The minimum absolute atomic E-state index is 0.375. The van der Waals surface area contributed by atoms with Crippen LogP contribution < -0.4 is 5.32 Å². The molecule has 0 saturated heterocycles. The van der Waals surface area contributed by atoms with Gasteiger partial charge in [-0.15, -0.1) is 0 Å². The normalized spacial score (nSPS) is 11.8. The van der Waals surface area contributed by atoms with Crippen LogP contribution in [0.25, 0.3) is 0 Å². The molecule has 0 heterocycles. The highest BCUT2D eigenvalue weighted by molar-refractivity contribution is 6.31. The summed E-state index contributed by atoms with van der Waals surface area (Å²) in [4.78, 5) is 12.0. The lowest BCUT2D eigenvalue weighted by molar-refractivity contribution is -0.141. The first-order valence-corrected chi connectivity index (χ1v) is 6.75. The van der Waals surface area contributed by atoms with E-state index in [4.69, 9.17) is 16.3 Å². The van der Waals surface area contributed by atoms with Crippen molar-refractivity contribution in [2.24, 2.45) is 0 Å². The van der Waals surface area contributed by atoms with Crippen LogP contribution in [0.4, 0.5) is 10.1 Å². The van der Waals surface area contributed by atoms with Crippen LogP contribution in [0.2, 0.25) is 5.02 Å². The van der Waals surface area contributed by atoms with Gasteiger partial charge in [0.15, 0.2) is 6.04 Å². The largest absolute Gasteiger partial charge is 0.467 e. The molecule has 2 aromatic rings. The third-order valence-electron chi connectivity index (χ3n) is 3.01. The Balaban J connectivity index is 2.38. The number of benzene rings is 2. The number of rotatable bonds is 4. The smallest absolute Gasteiger partial charge is 0.333 e. The number of ether oxygens (including phenoxy) is 1. The maximum absolute atomic E-state index is 13.5. The Hall–Kier alpha value is -2.07. The van der Waals surface area contributed by atoms with Crippen LogP contribution in [-0.2, 0) is 9.53 Å². The molecule has 0 aliphatic heterocycles. The second kappa shape index (κ2) is 6.59. The zero-order chi connectivity index (χ0) is 15.4. The van der Waals surface area contributed by atoms with Crippen molar-refractivity contribution < 1.29 is 13.9 Å². The van der Waals surface area contributed by atoms with Gasteiger partial charge in [-0.3, -0.25) is 0 Å². The molecular weight excluding hydrogens is 293 g/mol. The summed E-state index contributed by atoms with van der Waals surface area (Å²) in [6.45, 7) is 1.77. The molecule has 0 amide bonds. The van der Waals surface area contributed by atoms with Gasteiger partial charge < -0.3 is 10.1 Å². The van der Waals surface area contributed by atoms with Crippen LogP contribution in [0, 0.1) is 12.7 Å². The summed E-state index contributed by atoms with van der Waals surface area (Å²) in [6.07, 6.45) is 0. The number of anilines is 1. The van der Waals surface area contributed by atoms with Gasteiger partial charge in [0, 0.05) is 16.3 Å². The summed E-state index contributed by atoms with van der Waals surface area (Å²) in [5.74, 6) is -0.870. The van der Waals surface area contributed by atoms with Crippen LogP contribution in [-0.4, -0.2) is 13.1 Å². The number of carbonyl (C=O) groups excluding carboxylic acids is 1. The van der Waals surface area contributed by atoms with Gasteiger partial charge in [0.2, 0.25) is 0 Å². The monoisotopic (exact) mass is 307 g/mol. The topological polar surface area (TPSA) is 38.3 Å². The van der Waals surface area contributed by atoms with Gasteiger partial charge in [-0.1, -0.05) is 29.8 Å². The molecule has 0 saturated carbocycles. The summed E-state index contributed by atoms with van der Waals surface area (Å²) in [5.41, 5.74) is 1.82. The SMILES string of the molecule is COC(=O)C(Nc1cc(C)cc(F)c1)c1ccccc1Cl. The highest BCUT2D eigenvalue weighted by Crippen LogP contribution is 2.27. The van der Waals surface area contributed by atoms with Gasteiger partial charge in [-0.2, -0.15) is 0 Å². The first-order chi connectivity index (χ1) is 10.0. The van der Waals surface area contributed by atoms with Crippen molar-refractivity contribution in [1.82, 2.24) is 0 Å². The third-order valence-corrected chi connectivity index (χ3v) is 3.35. The van der Waals surface area contributed by atoms with E-state index < -0.39 is 12.0 Å². The molecule has 0 aliphatic rings. The maximum atomic E-state index is 13.5. The molecule has 5 heteroatoms. The second-order valence-corrected chi connectivity index (χ2v) is 5.05. The van der Waals surface area contributed by atoms with E-state index >= 15 is 0 Å². The Morgan fingerprint density at radius 3 is 2.62 bits per heavy atom. The van der Waals surface area contributed by atoms with Crippen LogP contribution in [0.3, 0.4) is 0 Å². The number of nitrogens with one attached hydrogen (secondary N) is 1. The maximum Gasteiger partial charge on any atom is 0.333 e. The fourth-order valence-electron chi connectivity index (χ4n) is 2.08. The Morgan fingerprint density at radius 2 is 2.00 bits per heavy atom. The van der Waals surface area contributed by atoms with E-state index in [1.807, 2.05) is 0 Å². The third kappa shape index (κ3) is 3.73. The van der Waals surface area contributed by atoms with Gasteiger partial charge >= 0.3 is 5.97 Å². The average molecular weight is 308 g/mol. The molecule has 0 radical (unpaired) electrons. The van der Waals surface area contributed by atoms with E-state index in [-0.39, 0.29) is 5.82 Å². The van der Waals surface area contributed by atoms with Gasteiger partial charge in [0.05, 0.1) is 7.11 Å². The first-order valence-electron chi connectivity index (χ1n) is 6.37. The number of hydrogen-bond acceptors (Lipinski definition) is 3. The zero-order valence-corrected chi connectivity index (χ0v) is 12.4. The van der Waals surface area contributed by atoms with Crippen molar-refractivity contribution in [3.63, 3.8) is 0 Å². The van der Waals surface area contributed by atoms with Crippen molar-refractivity contribution >= 4 is 23.3 Å². The van der Waals surface area contributed by atoms with E-state index in [0.717, 1.165) is 5.56 Å². The van der Waals surface area contributed by atoms with Crippen molar-refractivity contribution in [3.05, 3.63) is 64.4 Å². The Labute approximate surface area is 127 Å². The lowest BCUT2D eigenvalue weighted by Crippen LogP contribution is -2.22. The number of methoxy groups -OCH3 is 1. The van der Waals surface area contributed by atoms with Crippen LogP contribution in [0.5, 0.6) is 0 Å². The molecule has 1 unspecified atom stereocenters. The highest BCUT2D eigenvalue weighted by atomic mass is 35.5. The summed E-state index contributed by atoms with van der Waals surface area (Å²) >= 11 is 6.13. The van der Waals surface area contributed by atoms with Gasteiger partial charge in [-0.05, 0) is 36.8 Å². The molecule has 1 N–H and O–H groups in total. The van der Waals surface area contributed by atoms with E-state index in [0.29, 0.717) is 16.3 Å². The molecule has 21 heavy (non-hydrogen) atoms. The molecule has 0 aliphatic carbocycles. The fourth-order valence-corrected chi connectivity index (χ4v) is 2.32. The second-order valence-electron chi connectivity index (χ2n) is 4.64. The zero-order valence-electron chi connectivity index (χ0n) is 11.7. The van der Waals surface area contributed by atoms with E-state index in [9.17, 15) is 9.18 Å².